The number of urea groups is 1. The Morgan fingerprint density at radius 2 is 2.08 bits per heavy atom. The van der Waals surface area contributed by atoms with E-state index < -0.39 is 0 Å². The maximum atomic E-state index is 12.4. The van der Waals surface area contributed by atoms with Crippen molar-refractivity contribution in [1.29, 1.82) is 0 Å². The van der Waals surface area contributed by atoms with Gasteiger partial charge in [0.05, 0.1) is 18.9 Å². The van der Waals surface area contributed by atoms with E-state index in [0.29, 0.717) is 6.42 Å². The Balaban J connectivity index is 1.55. The molecule has 1 aromatic heterocycles. The third-order valence-electron chi connectivity index (χ3n) is 4.27. The van der Waals surface area contributed by atoms with E-state index in [1.165, 1.54) is 0 Å². The van der Waals surface area contributed by atoms with E-state index in [0.717, 1.165) is 49.8 Å². The number of ether oxygens (including phenoxy) is 1. The van der Waals surface area contributed by atoms with Gasteiger partial charge in [-0.2, -0.15) is 0 Å². The molecule has 1 aliphatic rings. The largest absolute Gasteiger partial charge is 0.379 e. The van der Waals surface area contributed by atoms with Crippen LogP contribution >= 0.6 is 0 Å². The monoisotopic (exact) mass is 355 g/mol. The number of aromatic nitrogens is 2. The van der Waals surface area contributed by atoms with Gasteiger partial charge in [-0.15, -0.1) is 0 Å². The second-order valence-electron chi connectivity index (χ2n) is 6.45. The summed E-state index contributed by atoms with van der Waals surface area (Å²) >= 11 is 0. The van der Waals surface area contributed by atoms with Gasteiger partial charge in [-0.05, 0) is 18.6 Å². The Morgan fingerprint density at radius 3 is 2.85 bits per heavy atom. The number of carbonyl (C=O) groups is 1. The van der Waals surface area contributed by atoms with Crippen LogP contribution in [0, 0.1) is 0 Å². The molecule has 1 aromatic carbocycles. The van der Waals surface area contributed by atoms with E-state index in [1.807, 2.05) is 31.2 Å². The van der Waals surface area contributed by atoms with Crippen molar-refractivity contribution in [2.24, 2.45) is 0 Å². The van der Waals surface area contributed by atoms with E-state index >= 15 is 0 Å². The van der Waals surface area contributed by atoms with Crippen molar-refractivity contribution in [3.8, 4) is 0 Å². The summed E-state index contributed by atoms with van der Waals surface area (Å²) in [6.07, 6.45) is 5.65. The highest BCUT2D eigenvalue weighted by Crippen LogP contribution is 2.18. The first-order chi connectivity index (χ1) is 12.7. The number of rotatable bonds is 6. The molecule has 1 saturated heterocycles. The maximum absolute atomic E-state index is 12.4. The second kappa shape index (κ2) is 9.26. The molecule has 138 valence electrons. The topological polar surface area (TPSA) is 79.4 Å². The molecule has 3 rings (SSSR count). The predicted octanol–water partition coefficient (Wildman–Crippen LogP) is 2.06. The molecule has 0 radical (unpaired) electrons. The Morgan fingerprint density at radius 1 is 1.27 bits per heavy atom. The number of morpholine rings is 1. The van der Waals surface area contributed by atoms with Crippen LogP contribution in [0.15, 0.2) is 42.9 Å². The molecule has 7 nitrogen and oxygen atoms in total. The third kappa shape index (κ3) is 5.50. The van der Waals surface area contributed by atoms with Crippen LogP contribution in [0.4, 0.5) is 10.5 Å². The van der Waals surface area contributed by atoms with Crippen molar-refractivity contribution in [2.45, 2.75) is 25.9 Å². The van der Waals surface area contributed by atoms with Gasteiger partial charge in [0.15, 0.2) is 0 Å². The summed E-state index contributed by atoms with van der Waals surface area (Å²) in [6, 6.07) is 7.65. The van der Waals surface area contributed by atoms with Gasteiger partial charge >= 0.3 is 6.03 Å². The zero-order valence-corrected chi connectivity index (χ0v) is 15.0. The first kappa shape index (κ1) is 18.3. The lowest BCUT2D eigenvalue weighted by molar-refractivity contribution is 0.0343. The van der Waals surface area contributed by atoms with Gasteiger partial charge in [0.2, 0.25) is 0 Å². The molecule has 0 spiro atoms. The molecule has 1 aliphatic heterocycles. The SMILES string of the molecule is C[C@@H](Cc1cnccn1)NC(=O)Nc1ccccc1CN1CCOCC1. The molecule has 7 heteroatoms. The number of nitrogens with zero attached hydrogens (tertiary/aromatic N) is 3. The lowest BCUT2D eigenvalue weighted by atomic mass is 10.1. The average molecular weight is 355 g/mol. The van der Waals surface area contributed by atoms with Crippen molar-refractivity contribution >= 4 is 11.7 Å². The molecule has 2 heterocycles. The van der Waals surface area contributed by atoms with Gasteiger partial charge in [0.1, 0.15) is 0 Å². The second-order valence-corrected chi connectivity index (χ2v) is 6.45. The minimum atomic E-state index is -0.212. The fourth-order valence-electron chi connectivity index (χ4n) is 2.96. The number of hydrogen-bond donors (Lipinski definition) is 2. The number of anilines is 1. The van der Waals surface area contributed by atoms with E-state index in [9.17, 15) is 4.79 Å². The van der Waals surface area contributed by atoms with Crippen molar-refractivity contribution < 1.29 is 9.53 Å². The lowest BCUT2D eigenvalue weighted by Gasteiger charge is -2.27. The smallest absolute Gasteiger partial charge is 0.319 e. The third-order valence-corrected chi connectivity index (χ3v) is 4.27. The molecular formula is C19H25N5O2. The normalized spacial score (nSPS) is 16.0. The van der Waals surface area contributed by atoms with Crippen molar-refractivity contribution in [2.75, 3.05) is 31.6 Å². The summed E-state index contributed by atoms with van der Waals surface area (Å²) < 4.78 is 5.39. The molecule has 26 heavy (non-hydrogen) atoms. The van der Waals surface area contributed by atoms with Gasteiger partial charge in [0, 0.05) is 56.4 Å². The quantitative estimate of drug-likeness (QED) is 0.829. The van der Waals surface area contributed by atoms with E-state index in [1.54, 1.807) is 18.6 Å². The molecule has 2 aromatic rings. The Hall–Kier alpha value is -2.51. The number of para-hydroxylation sites is 1. The van der Waals surface area contributed by atoms with Crippen LogP contribution in [-0.4, -0.2) is 53.2 Å². The highest BCUT2D eigenvalue weighted by molar-refractivity contribution is 5.90. The van der Waals surface area contributed by atoms with Gasteiger partial charge in [-0.3, -0.25) is 14.9 Å². The summed E-state index contributed by atoms with van der Waals surface area (Å²) in [7, 11) is 0. The molecule has 0 unspecified atom stereocenters. The van der Waals surface area contributed by atoms with E-state index in [4.69, 9.17) is 4.74 Å². The minimum absolute atomic E-state index is 0.0434. The molecule has 0 bridgehead atoms. The summed E-state index contributed by atoms with van der Waals surface area (Å²) in [5, 5.41) is 5.93. The van der Waals surface area contributed by atoms with E-state index in [2.05, 4.69) is 25.5 Å². The molecule has 1 fully saturated rings. The van der Waals surface area contributed by atoms with Crippen LogP contribution in [0.25, 0.3) is 0 Å². The average Bonchev–Trinajstić information content (AvgIpc) is 2.65. The molecule has 1 atom stereocenters. The lowest BCUT2D eigenvalue weighted by Crippen LogP contribution is -2.38. The molecule has 2 N–H and O–H groups in total. The number of benzene rings is 1. The highest BCUT2D eigenvalue weighted by Gasteiger charge is 2.14. The Bertz CT molecular complexity index is 704. The van der Waals surface area contributed by atoms with Crippen LogP contribution in [0.1, 0.15) is 18.2 Å². The summed E-state index contributed by atoms with van der Waals surface area (Å²) in [4.78, 5) is 23.0. The molecule has 0 saturated carbocycles. The predicted molar refractivity (Wildman–Crippen MR) is 99.9 cm³/mol. The summed E-state index contributed by atoms with van der Waals surface area (Å²) in [5.74, 6) is 0. The minimum Gasteiger partial charge on any atom is -0.379 e. The Kier molecular flexibility index (Phi) is 6.51. The van der Waals surface area contributed by atoms with Gasteiger partial charge in [-0.25, -0.2) is 4.79 Å². The number of nitrogens with one attached hydrogen (secondary N) is 2. The first-order valence-corrected chi connectivity index (χ1v) is 8.91. The summed E-state index contributed by atoms with van der Waals surface area (Å²) in [6.45, 7) is 6.10. The van der Waals surface area contributed by atoms with Gasteiger partial charge in [0.25, 0.3) is 0 Å². The Labute approximate surface area is 153 Å². The number of amides is 2. The molecule has 0 aliphatic carbocycles. The first-order valence-electron chi connectivity index (χ1n) is 8.91. The molecular weight excluding hydrogens is 330 g/mol. The van der Waals surface area contributed by atoms with Crippen LogP contribution < -0.4 is 10.6 Å². The van der Waals surface area contributed by atoms with Crippen LogP contribution in [0.2, 0.25) is 0 Å². The fraction of sp³-hybridized carbons (Fsp3) is 0.421. The van der Waals surface area contributed by atoms with Crippen LogP contribution in [-0.2, 0) is 17.7 Å². The van der Waals surface area contributed by atoms with E-state index in [-0.39, 0.29) is 12.1 Å². The van der Waals surface area contributed by atoms with Crippen molar-refractivity contribution in [3.63, 3.8) is 0 Å². The molecule has 2 amide bonds. The highest BCUT2D eigenvalue weighted by atomic mass is 16.5. The van der Waals surface area contributed by atoms with Gasteiger partial charge < -0.3 is 15.4 Å². The maximum Gasteiger partial charge on any atom is 0.319 e. The number of hydrogen-bond acceptors (Lipinski definition) is 5. The number of carbonyl (C=O) groups excluding carboxylic acids is 1. The van der Waals surface area contributed by atoms with Crippen molar-refractivity contribution in [1.82, 2.24) is 20.2 Å². The van der Waals surface area contributed by atoms with Crippen LogP contribution in [0.3, 0.4) is 0 Å². The zero-order valence-electron chi connectivity index (χ0n) is 15.0. The van der Waals surface area contributed by atoms with Crippen molar-refractivity contribution in [3.05, 3.63) is 54.1 Å². The fourth-order valence-corrected chi connectivity index (χ4v) is 2.96. The van der Waals surface area contributed by atoms with Gasteiger partial charge in [-0.1, -0.05) is 18.2 Å². The summed E-state index contributed by atoms with van der Waals surface area (Å²) in [5.41, 5.74) is 2.79. The standard InChI is InChI=1S/C19H25N5O2/c1-15(12-17-13-20-6-7-21-17)22-19(25)23-18-5-3-2-4-16(18)14-24-8-10-26-11-9-24/h2-7,13,15H,8-12,14H2,1H3,(H2,22,23,25)/t15-/m0/s1. The zero-order chi connectivity index (χ0) is 18.2. The van der Waals surface area contributed by atoms with Crippen LogP contribution in [0.5, 0.6) is 0 Å².